The minimum atomic E-state index is 0.373. The summed E-state index contributed by atoms with van der Waals surface area (Å²) < 4.78 is 7.17. The highest BCUT2D eigenvalue weighted by Crippen LogP contribution is 2.19. The van der Waals surface area contributed by atoms with E-state index in [4.69, 9.17) is 4.74 Å². The van der Waals surface area contributed by atoms with Gasteiger partial charge in [0.2, 0.25) is 0 Å². The van der Waals surface area contributed by atoms with Gasteiger partial charge in [0.25, 0.3) is 0 Å². The fourth-order valence-electron chi connectivity index (χ4n) is 2.28. The lowest BCUT2D eigenvalue weighted by atomic mass is 10.0. The van der Waals surface area contributed by atoms with Crippen molar-refractivity contribution >= 4 is 0 Å². The summed E-state index contributed by atoms with van der Waals surface area (Å²) in [6, 6.07) is 8.64. The first-order chi connectivity index (χ1) is 9.72. The zero-order valence-corrected chi connectivity index (χ0v) is 12.5. The van der Waals surface area contributed by atoms with Gasteiger partial charge < -0.3 is 10.1 Å². The van der Waals surface area contributed by atoms with Gasteiger partial charge in [-0.25, -0.2) is 0 Å². The van der Waals surface area contributed by atoms with Crippen molar-refractivity contribution in [3.63, 3.8) is 0 Å². The van der Waals surface area contributed by atoms with Gasteiger partial charge in [-0.05, 0) is 36.6 Å². The van der Waals surface area contributed by atoms with Crippen molar-refractivity contribution in [2.75, 3.05) is 13.7 Å². The topological polar surface area (TPSA) is 39.1 Å². The van der Waals surface area contributed by atoms with Crippen molar-refractivity contribution in [2.45, 2.75) is 32.9 Å². The number of methoxy groups -OCH3 is 1. The number of aromatic nitrogens is 2. The molecule has 4 nitrogen and oxygen atoms in total. The molecule has 1 aromatic heterocycles. The minimum Gasteiger partial charge on any atom is -0.497 e. The molecule has 0 aliphatic heterocycles. The lowest BCUT2D eigenvalue weighted by Crippen LogP contribution is -2.25. The van der Waals surface area contributed by atoms with Crippen molar-refractivity contribution < 1.29 is 4.74 Å². The Hall–Kier alpha value is -1.81. The second-order valence-electron chi connectivity index (χ2n) is 4.97. The van der Waals surface area contributed by atoms with Gasteiger partial charge in [0, 0.05) is 18.8 Å². The highest BCUT2D eigenvalue weighted by molar-refractivity contribution is 5.29. The van der Waals surface area contributed by atoms with Crippen molar-refractivity contribution in [1.82, 2.24) is 15.1 Å². The molecule has 1 aromatic carbocycles. The molecule has 0 saturated heterocycles. The molecule has 0 aliphatic rings. The van der Waals surface area contributed by atoms with Crippen LogP contribution in [-0.2, 0) is 6.54 Å². The molecule has 20 heavy (non-hydrogen) atoms. The largest absolute Gasteiger partial charge is 0.497 e. The monoisotopic (exact) mass is 273 g/mol. The van der Waals surface area contributed by atoms with E-state index in [9.17, 15) is 0 Å². The average molecular weight is 273 g/mol. The molecule has 0 aliphatic carbocycles. The number of benzene rings is 1. The summed E-state index contributed by atoms with van der Waals surface area (Å²) in [4.78, 5) is 0. The summed E-state index contributed by atoms with van der Waals surface area (Å²) in [6.45, 7) is 6.05. The van der Waals surface area contributed by atoms with Crippen LogP contribution in [0.5, 0.6) is 5.75 Å². The Morgan fingerprint density at radius 1 is 1.30 bits per heavy atom. The quantitative estimate of drug-likeness (QED) is 0.843. The zero-order valence-electron chi connectivity index (χ0n) is 12.5. The molecule has 0 amide bonds. The predicted octanol–water partition coefficient (Wildman–Crippen LogP) is 2.94. The molecule has 2 rings (SSSR count). The van der Waals surface area contributed by atoms with E-state index in [1.165, 1.54) is 11.1 Å². The highest BCUT2D eigenvalue weighted by atomic mass is 16.5. The van der Waals surface area contributed by atoms with Crippen LogP contribution in [0.4, 0.5) is 0 Å². The van der Waals surface area contributed by atoms with Crippen LogP contribution in [0.15, 0.2) is 36.7 Å². The maximum Gasteiger partial charge on any atom is 0.118 e. The van der Waals surface area contributed by atoms with E-state index in [-0.39, 0.29) is 0 Å². The molecule has 4 heteroatoms. The number of hydrogen-bond acceptors (Lipinski definition) is 3. The maximum absolute atomic E-state index is 5.19. The molecular formula is C16H23N3O. The third-order valence-electron chi connectivity index (χ3n) is 3.42. The van der Waals surface area contributed by atoms with Crippen LogP contribution in [0.2, 0.25) is 0 Å². The summed E-state index contributed by atoms with van der Waals surface area (Å²) in [5, 5.41) is 7.87. The van der Waals surface area contributed by atoms with Crippen LogP contribution in [-0.4, -0.2) is 23.4 Å². The number of nitrogens with one attached hydrogen (secondary N) is 1. The summed E-state index contributed by atoms with van der Waals surface area (Å²) in [7, 11) is 1.69. The predicted molar refractivity (Wildman–Crippen MR) is 81.0 cm³/mol. The van der Waals surface area contributed by atoms with E-state index in [1.54, 1.807) is 7.11 Å². The lowest BCUT2D eigenvalue weighted by molar-refractivity contribution is 0.414. The SMILES string of the molecule is CCC(NCCn1cc(C)cn1)c1ccc(OC)cc1. The highest BCUT2D eigenvalue weighted by Gasteiger charge is 2.08. The van der Waals surface area contributed by atoms with Crippen molar-refractivity contribution in [1.29, 1.82) is 0 Å². The Bertz CT molecular complexity index is 519. The van der Waals surface area contributed by atoms with Crippen molar-refractivity contribution in [3.8, 4) is 5.75 Å². The van der Waals surface area contributed by atoms with Crippen LogP contribution in [0, 0.1) is 6.92 Å². The Morgan fingerprint density at radius 2 is 2.05 bits per heavy atom. The van der Waals surface area contributed by atoms with Crippen molar-refractivity contribution in [2.24, 2.45) is 0 Å². The molecule has 0 saturated carbocycles. The van der Waals surface area contributed by atoms with Crippen LogP contribution >= 0.6 is 0 Å². The van der Waals surface area contributed by atoms with Crippen molar-refractivity contribution in [3.05, 3.63) is 47.8 Å². The first-order valence-electron chi connectivity index (χ1n) is 7.09. The van der Waals surface area contributed by atoms with Crippen LogP contribution in [0.25, 0.3) is 0 Å². The Labute approximate surface area is 120 Å². The lowest BCUT2D eigenvalue weighted by Gasteiger charge is -2.17. The maximum atomic E-state index is 5.19. The summed E-state index contributed by atoms with van der Waals surface area (Å²) in [5.74, 6) is 0.899. The molecule has 1 atom stereocenters. The second kappa shape index (κ2) is 7.10. The smallest absolute Gasteiger partial charge is 0.118 e. The van der Waals surface area contributed by atoms with Gasteiger partial charge in [-0.1, -0.05) is 19.1 Å². The fraction of sp³-hybridized carbons (Fsp3) is 0.438. The zero-order chi connectivity index (χ0) is 14.4. The van der Waals surface area contributed by atoms with Gasteiger partial charge in [0.1, 0.15) is 5.75 Å². The van der Waals surface area contributed by atoms with E-state index in [2.05, 4.69) is 42.6 Å². The van der Waals surface area contributed by atoms with Gasteiger partial charge in [-0.2, -0.15) is 5.10 Å². The van der Waals surface area contributed by atoms with E-state index < -0.39 is 0 Å². The number of aryl methyl sites for hydroxylation is 1. The van der Waals surface area contributed by atoms with Gasteiger partial charge >= 0.3 is 0 Å². The van der Waals surface area contributed by atoms with Crippen LogP contribution in [0.1, 0.15) is 30.5 Å². The van der Waals surface area contributed by atoms with Crippen LogP contribution < -0.4 is 10.1 Å². The van der Waals surface area contributed by atoms with E-state index in [0.717, 1.165) is 25.3 Å². The van der Waals surface area contributed by atoms with Gasteiger partial charge in [-0.15, -0.1) is 0 Å². The molecule has 0 fully saturated rings. The van der Waals surface area contributed by atoms with Gasteiger partial charge in [-0.3, -0.25) is 4.68 Å². The molecule has 1 N–H and O–H groups in total. The standard InChI is InChI=1S/C16H23N3O/c1-4-16(14-5-7-15(20-3)8-6-14)17-9-10-19-12-13(2)11-18-19/h5-8,11-12,16-17H,4,9-10H2,1-3H3. The molecule has 2 aromatic rings. The van der Waals surface area contributed by atoms with E-state index >= 15 is 0 Å². The molecule has 0 spiro atoms. The minimum absolute atomic E-state index is 0.373. The first kappa shape index (κ1) is 14.6. The second-order valence-corrected chi connectivity index (χ2v) is 4.97. The number of hydrogen-bond donors (Lipinski definition) is 1. The summed E-state index contributed by atoms with van der Waals surface area (Å²) >= 11 is 0. The normalized spacial score (nSPS) is 12.3. The Balaban J connectivity index is 1.88. The number of nitrogens with zero attached hydrogens (tertiary/aromatic N) is 2. The van der Waals surface area contributed by atoms with Gasteiger partial charge in [0.15, 0.2) is 0 Å². The Morgan fingerprint density at radius 3 is 2.60 bits per heavy atom. The molecule has 0 bridgehead atoms. The summed E-state index contributed by atoms with van der Waals surface area (Å²) in [6.07, 6.45) is 5.02. The summed E-state index contributed by atoms with van der Waals surface area (Å²) in [5.41, 5.74) is 2.50. The molecule has 1 unspecified atom stereocenters. The molecule has 1 heterocycles. The third-order valence-corrected chi connectivity index (χ3v) is 3.42. The van der Waals surface area contributed by atoms with E-state index in [0.29, 0.717) is 6.04 Å². The number of rotatable bonds is 7. The van der Waals surface area contributed by atoms with Gasteiger partial charge in [0.05, 0.1) is 19.9 Å². The fourth-order valence-corrected chi connectivity index (χ4v) is 2.28. The average Bonchev–Trinajstić information content (AvgIpc) is 2.89. The molecular weight excluding hydrogens is 250 g/mol. The Kier molecular flexibility index (Phi) is 5.18. The first-order valence-corrected chi connectivity index (χ1v) is 7.09. The van der Waals surface area contributed by atoms with E-state index in [1.807, 2.05) is 23.0 Å². The third kappa shape index (κ3) is 3.84. The number of ether oxygens (including phenoxy) is 1. The molecule has 108 valence electrons. The van der Waals surface area contributed by atoms with Crippen LogP contribution in [0.3, 0.4) is 0 Å². The molecule has 0 radical (unpaired) electrons.